The summed E-state index contributed by atoms with van der Waals surface area (Å²) >= 11 is 0. The van der Waals surface area contributed by atoms with E-state index in [9.17, 15) is 0 Å². The lowest BCUT2D eigenvalue weighted by Crippen LogP contribution is -2.06. The van der Waals surface area contributed by atoms with Gasteiger partial charge in [-0.2, -0.15) is 9.97 Å². The standard InChI is InChI=1S/C44H28N6.C39H25N3.C35H23N3/c1-4-14-29(15-5-1)42-46-43(30-16-6-2-7-17-30)48-44(47-42)50-36-23-11-10-20-34(36)40-32(22-13-25-38(40)50)33-21-12-24-37-41(33)35-26-27-45-28-39(35)49(37)31-18-8-3-9-19-31;1-2-12-28(13-3-1)41-35-22-23-40-25-33(35)39-31(16-9-19-37(39)41)30-15-8-18-36-38(30)32-14-6-7-17-34(32)42(36)29-21-20-26-10-4-5-11-27(26)24-29;1-3-11-24(12-4-1)37-30-18-8-7-15-28(30)34-26(16-9-19-32(34)37)27-17-10-20-33-35(27)29-23-36-22-21-31(29)38(33)25-13-5-2-6-14-25/h1-28H;1-25H;1-23H. The van der Waals surface area contributed by atoms with Crippen LogP contribution in [-0.2, 0) is 0 Å². The van der Waals surface area contributed by atoms with Crippen molar-refractivity contribution in [1.29, 1.82) is 0 Å². The summed E-state index contributed by atoms with van der Waals surface area (Å²) in [5, 5.41) is 16.9. The summed E-state index contributed by atoms with van der Waals surface area (Å²) in [4.78, 5) is 28.9. The summed E-state index contributed by atoms with van der Waals surface area (Å²) in [6.07, 6.45) is 11.6. The molecule has 0 fully saturated rings. The zero-order valence-corrected chi connectivity index (χ0v) is 70.2. The van der Waals surface area contributed by atoms with Gasteiger partial charge in [0.2, 0.25) is 5.95 Å². The number of pyridine rings is 3. The Hall–Kier alpha value is -17.7. The summed E-state index contributed by atoms with van der Waals surface area (Å²) in [6, 6.07) is 150. The van der Waals surface area contributed by atoms with Crippen molar-refractivity contribution in [3.8, 4) is 90.5 Å². The first kappa shape index (κ1) is 74.8. The average Bonchev–Trinajstić information content (AvgIpc) is 1.57. The van der Waals surface area contributed by atoms with Crippen molar-refractivity contribution in [1.82, 2.24) is 57.3 Å². The molecule has 0 saturated heterocycles. The first-order chi connectivity index (χ1) is 64.6. The van der Waals surface area contributed by atoms with Crippen LogP contribution in [0, 0.1) is 0 Å². The molecule has 27 rings (SSSR count). The van der Waals surface area contributed by atoms with Gasteiger partial charge in [0.05, 0.1) is 72.4 Å². The van der Waals surface area contributed by atoms with Gasteiger partial charge in [-0.05, 0) is 178 Å². The van der Waals surface area contributed by atoms with E-state index in [1.807, 2.05) is 97.8 Å². The number of hydrogen-bond donors (Lipinski definition) is 0. The highest BCUT2D eigenvalue weighted by molar-refractivity contribution is 6.26. The molecule has 0 N–H and O–H groups in total. The van der Waals surface area contributed by atoms with Crippen molar-refractivity contribution in [2.45, 2.75) is 0 Å². The molecule has 130 heavy (non-hydrogen) atoms. The Kier molecular flexibility index (Phi) is 18.0. The summed E-state index contributed by atoms with van der Waals surface area (Å²) in [5.41, 5.74) is 28.6. The van der Waals surface area contributed by atoms with Crippen LogP contribution in [0.5, 0.6) is 0 Å². The van der Waals surface area contributed by atoms with E-state index in [-0.39, 0.29) is 0 Å². The van der Waals surface area contributed by atoms with Crippen molar-refractivity contribution in [2.75, 3.05) is 0 Å². The predicted molar refractivity (Wildman–Crippen MR) is 537 cm³/mol. The van der Waals surface area contributed by atoms with E-state index in [0.717, 1.165) is 99.3 Å². The van der Waals surface area contributed by atoms with Gasteiger partial charge in [0.1, 0.15) is 0 Å². The van der Waals surface area contributed by atoms with Crippen LogP contribution in [0.4, 0.5) is 0 Å². The van der Waals surface area contributed by atoms with Crippen LogP contribution in [0.1, 0.15) is 0 Å². The summed E-state index contributed by atoms with van der Waals surface area (Å²) in [5.74, 6) is 1.83. The Morgan fingerprint density at radius 3 is 0.831 bits per heavy atom. The van der Waals surface area contributed by atoms with Gasteiger partial charge in [-0.3, -0.25) is 19.5 Å². The second-order valence-corrected chi connectivity index (χ2v) is 32.8. The normalized spacial score (nSPS) is 11.7. The zero-order chi connectivity index (χ0) is 85.7. The maximum atomic E-state index is 5.13. The van der Waals surface area contributed by atoms with Crippen molar-refractivity contribution in [3.63, 3.8) is 0 Å². The highest BCUT2D eigenvalue weighted by Gasteiger charge is 2.27. The van der Waals surface area contributed by atoms with Gasteiger partial charge in [-0.15, -0.1) is 0 Å². The third kappa shape index (κ3) is 12.2. The first-order valence-corrected chi connectivity index (χ1v) is 43.9. The molecule has 12 nitrogen and oxygen atoms in total. The van der Waals surface area contributed by atoms with Crippen LogP contribution in [0.15, 0.2) is 462 Å². The maximum Gasteiger partial charge on any atom is 0.238 e. The molecule has 10 heterocycles. The molecular weight excluding hydrogens is 1590 g/mol. The molecule has 0 bridgehead atoms. The molecule has 0 saturated carbocycles. The lowest BCUT2D eigenvalue weighted by Gasteiger charge is -2.11. The number of aromatic nitrogens is 12. The molecular formula is C118H76N12. The van der Waals surface area contributed by atoms with Crippen LogP contribution in [0.2, 0.25) is 0 Å². The van der Waals surface area contributed by atoms with Crippen molar-refractivity contribution in [2.24, 2.45) is 0 Å². The summed E-state index contributed by atoms with van der Waals surface area (Å²) in [6.45, 7) is 0. The van der Waals surface area contributed by atoms with Gasteiger partial charge < -0.3 is 22.8 Å². The largest absolute Gasteiger partial charge is 0.309 e. The molecule has 0 aliphatic carbocycles. The monoisotopic (exact) mass is 1660 g/mol. The average molecular weight is 1660 g/mol. The van der Waals surface area contributed by atoms with Gasteiger partial charge in [-0.25, -0.2) is 4.98 Å². The molecule has 0 unspecified atom stereocenters. The Morgan fingerprint density at radius 1 is 0.162 bits per heavy atom. The van der Waals surface area contributed by atoms with E-state index < -0.39 is 0 Å². The lowest BCUT2D eigenvalue weighted by molar-refractivity contribution is 0.953. The number of hydrogen-bond acceptors (Lipinski definition) is 6. The number of nitrogens with zero attached hydrogens (tertiary/aromatic N) is 12. The van der Waals surface area contributed by atoms with E-state index in [4.69, 9.17) is 15.0 Å². The molecule has 27 aromatic rings. The van der Waals surface area contributed by atoms with Crippen LogP contribution < -0.4 is 0 Å². The second-order valence-electron chi connectivity index (χ2n) is 32.8. The molecule has 608 valence electrons. The van der Waals surface area contributed by atoms with Crippen molar-refractivity contribution >= 4 is 142 Å². The fourth-order valence-corrected chi connectivity index (χ4v) is 20.3. The fraction of sp³-hybridized carbons (Fsp3) is 0. The number of benzene rings is 17. The molecule has 17 aromatic carbocycles. The molecule has 0 spiro atoms. The molecule has 0 radical (unpaired) electrons. The van der Waals surface area contributed by atoms with E-state index in [1.165, 1.54) is 115 Å². The molecule has 0 atom stereocenters. The molecule has 12 heteroatoms. The van der Waals surface area contributed by atoms with Gasteiger partial charge in [0.15, 0.2) is 11.6 Å². The Labute approximate surface area is 746 Å². The summed E-state index contributed by atoms with van der Waals surface area (Å²) < 4.78 is 14.0. The summed E-state index contributed by atoms with van der Waals surface area (Å²) in [7, 11) is 0. The molecule has 0 aliphatic rings. The van der Waals surface area contributed by atoms with Gasteiger partial charge in [0, 0.05) is 135 Å². The second kappa shape index (κ2) is 31.2. The third-order valence-electron chi connectivity index (χ3n) is 25.7. The zero-order valence-electron chi connectivity index (χ0n) is 70.2. The highest BCUT2D eigenvalue weighted by atomic mass is 15.2. The van der Waals surface area contributed by atoms with Gasteiger partial charge >= 0.3 is 0 Å². The predicted octanol–water partition coefficient (Wildman–Crippen LogP) is 29.5. The van der Waals surface area contributed by atoms with Crippen LogP contribution in [0.3, 0.4) is 0 Å². The molecule has 0 amide bonds. The Balaban J connectivity index is 0.000000106. The lowest BCUT2D eigenvalue weighted by atomic mass is 9.95. The van der Waals surface area contributed by atoms with E-state index >= 15 is 0 Å². The van der Waals surface area contributed by atoms with Crippen LogP contribution in [-0.4, -0.2) is 57.3 Å². The minimum atomic E-state index is 0.575. The molecule has 10 aromatic heterocycles. The van der Waals surface area contributed by atoms with Gasteiger partial charge in [0.25, 0.3) is 0 Å². The number of rotatable bonds is 11. The number of para-hydroxylation sites is 7. The number of fused-ring (bicyclic) bond motifs is 19. The topological polar surface area (TPSA) is 107 Å². The van der Waals surface area contributed by atoms with Gasteiger partial charge in [-0.1, -0.05) is 291 Å². The minimum absolute atomic E-state index is 0.575. The van der Waals surface area contributed by atoms with Crippen LogP contribution >= 0.6 is 0 Å². The maximum absolute atomic E-state index is 5.13. The smallest absolute Gasteiger partial charge is 0.238 e. The highest BCUT2D eigenvalue weighted by Crippen LogP contribution is 2.49. The van der Waals surface area contributed by atoms with Crippen LogP contribution in [0.25, 0.3) is 232 Å². The Morgan fingerprint density at radius 2 is 0.438 bits per heavy atom. The first-order valence-electron chi connectivity index (χ1n) is 43.9. The minimum Gasteiger partial charge on any atom is -0.309 e. The molecule has 0 aliphatic heterocycles. The fourth-order valence-electron chi connectivity index (χ4n) is 20.3. The Bertz CT molecular complexity index is 8890. The van der Waals surface area contributed by atoms with E-state index in [1.54, 1.807) is 0 Å². The van der Waals surface area contributed by atoms with E-state index in [0.29, 0.717) is 17.6 Å². The SMILES string of the molecule is c1ccc(-c2nc(-c3ccccc3)nc(-n3c4ccccc4c4c(-c5cccc6c5c5ccncc5n6-c5ccccc5)cccc43)n2)cc1.c1ccc(-n2c3ccccc3c3c(-c4cccc5c4c4cnccc4n5-c4ccccc4)cccc32)cc1.c1ccc(-n2c3ccncc3c3c(-c4cccc5c4c4ccccc4n5-c4ccc5ccccc5c4)cccc32)cc1. The van der Waals surface area contributed by atoms with E-state index in [2.05, 4.69) is 406 Å². The van der Waals surface area contributed by atoms with Crippen molar-refractivity contribution < 1.29 is 0 Å². The van der Waals surface area contributed by atoms with Crippen molar-refractivity contribution in [3.05, 3.63) is 462 Å². The quantitative estimate of drug-likeness (QED) is 0.128. The third-order valence-corrected chi connectivity index (χ3v) is 25.7.